The number of aliphatic hydroxyl groups excluding tert-OH is 1. The molecule has 0 amide bonds. The van der Waals surface area contributed by atoms with Crippen molar-refractivity contribution >= 4 is 5.82 Å². The first-order chi connectivity index (χ1) is 6.88. The minimum Gasteiger partial charge on any atom is -0.493 e. The van der Waals surface area contributed by atoms with Crippen molar-refractivity contribution in [3.8, 4) is 5.75 Å². The van der Waals surface area contributed by atoms with Crippen LogP contribution in [0.4, 0.5) is 5.82 Å². The molecule has 1 aromatic heterocycles. The maximum absolute atomic E-state index is 8.60. The van der Waals surface area contributed by atoms with Crippen LogP contribution < -0.4 is 10.1 Å². The Morgan fingerprint density at radius 3 is 3.07 bits per heavy atom. The minimum absolute atomic E-state index is 0.237. The van der Waals surface area contributed by atoms with Crippen LogP contribution in [0.2, 0.25) is 0 Å². The predicted octanol–water partition coefficient (Wildman–Crippen LogP) is 1.27. The van der Waals surface area contributed by atoms with Crippen molar-refractivity contribution < 1.29 is 9.84 Å². The Labute approximate surface area is 83.9 Å². The first-order valence-electron chi connectivity index (χ1n) is 4.72. The molecule has 0 saturated carbocycles. The quantitative estimate of drug-likeness (QED) is 0.673. The molecule has 0 spiro atoms. The van der Waals surface area contributed by atoms with Crippen LogP contribution in [0.15, 0.2) is 18.3 Å². The van der Waals surface area contributed by atoms with Crippen LogP contribution in [0.5, 0.6) is 5.75 Å². The maximum Gasteiger partial charge on any atom is 0.168 e. The van der Waals surface area contributed by atoms with Gasteiger partial charge in [0.25, 0.3) is 0 Å². The first-order valence-corrected chi connectivity index (χ1v) is 4.72. The second-order valence-corrected chi connectivity index (χ2v) is 2.91. The van der Waals surface area contributed by atoms with E-state index in [2.05, 4.69) is 10.3 Å². The molecule has 78 valence electrons. The summed E-state index contributed by atoms with van der Waals surface area (Å²) in [4.78, 5) is 4.15. The molecule has 0 unspecified atom stereocenters. The Morgan fingerprint density at radius 1 is 1.50 bits per heavy atom. The Kier molecular flexibility index (Phi) is 4.78. The van der Waals surface area contributed by atoms with Gasteiger partial charge in [0.15, 0.2) is 11.6 Å². The largest absolute Gasteiger partial charge is 0.493 e. The molecule has 0 saturated heterocycles. The number of methoxy groups -OCH3 is 1. The molecule has 1 rings (SSSR count). The van der Waals surface area contributed by atoms with Gasteiger partial charge < -0.3 is 15.2 Å². The third-order valence-corrected chi connectivity index (χ3v) is 1.87. The van der Waals surface area contributed by atoms with Gasteiger partial charge in [-0.25, -0.2) is 4.98 Å². The molecule has 0 atom stereocenters. The van der Waals surface area contributed by atoms with Crippen LogP contribution in [-0.4, -0.2) is 30.4 Å². The number of unbranched alkanes of at least 4 members (excludes halogenated alkanes) is 1. The summed E-state index contributed by atoms with van der Waals surface area (Å²) in [5.74, 6) is 1.50. The molecule has 14 heavy (non-hydrogen) atoms. The molecule has 2 N–H and O–H groups in total. The van der Waals surface area contributed by atoms with Crippen molar-refractivity contribution in [3.63, 3.8) is 0 Å². The van der Waals surface area contributed by atoms with E-state index < -0.39 is 0 Å². The van der Waals surface area contributed by atoms with E-state index in [1.165, 1.54) is 0 Å². The lowest BCUT2D eigenvalue weighted by Crippen LogP contribution is -2.05. The Morgan fingerprint density at radius 2 is 2.36 bits per heavy atom. The summed E-state index contributed by atoms with van der Waals surface area (Å²) >= 11 is 0. The topological polar surface area (TPSA) is 54.4 Å². The molecule has 0 aromatic carbocycles. The van der Waals surface area contributed by atoms with Crippen LogP contribution in [0.1, 0.15) is 12.8 Å². The van der Waals surface area contributed by atoms with E-state index >= 15 is 0 Å². The van der Waals surface area contributed by atoms with Gasteiger partial charge in [0, 0.05) is 19.3 Å². The van der Waals surface area contributed by atoms with Crippen molar-refractivity contribution in [1.82, 2.24) is 4.98 Å². The SMILES string of the molecule is COc1cccnc1NCCCCO. The average Bonchev–Trinajstić information content (AvgIpc) is 2.25. The van der Waals surface area contributed by atoms with Crippen LogP contribution in [0.25, 0.3) is 0 Å². The molecule has 0 fully saturated rings. The highest BCUT2D eigenvalue weighted by molar-refractivity contribution is 5.49. The van der Waals surface area contributed by atoms with Crippen LogP contribution in [0.3, 0.4) is 0 Å². The van der Waals surface area contributed by atoms with E-state index in [-0.39, 0.29) is 6.61 Å². The molecule has 0 radical (unpaired) electrons. The van der Waals surface area contributed by atoms with Crippen molar-refractivity contribution in [2.45, 2.75) is 12.8 Å². The molecule has 4 nitrogen and oxygen atoms in total. The molecule has 0 aliphatic rings. The molecule has 1 heterocycles. The monoisotopic (exact) mass is 196 g/mol. The Bertz CT molecular complexity index is 266. The second-order valence-electron chi connectivity index (χ2n) is 2.91. The molecule has 4 heteroatoms. The number of hydrogen-bond acceptors (Lipinski definition) is 4. The van der Waals surface area contributed by atoms with Gasteiger partial charge in [-0.2, -0.15) is 0 Å². The molecular formula is C10H16N2O2. The van der Waals surface area contributed by atoms with E-state index in [4.69, 9.17) is 9.84 Å². The lowest BCUT2D eigenvalue weighted by atomic mass is 10.3. The zero-order valence-electron chi connectivity index (χ0n) is 8.36. The third-order valence-electron chi connectivity index (χ3n) is 1.87. The van der Waals surface area contributed by atoms with Crippen LogP contribution >= 0.6 is 0 Å². The van der Waals surface area contributed by atoms with Crippen LogP contribution in [-0.2, 0) is 0 Å². The maximum atomic E-state index is 8.60. The fraction of sp³-hybridized carbons (Fsp3) is 0.500. The molecule has 1 aromatic rings. The summed E-state index contributed by atoms with van der Waals surface area (Å²) in [5, 5.41) is 11.7. The molecule has 0 aliphatic heterocycles. The summed E-state index contributed by atoms with van der Waals surface area (Å²) in [7, 11) is 1.62. The molecular weight excluding hydrogens is 180 g/mol. The predicted molar refractivity (Wildman–Crippen MR) is 55.6 cm³/mol. The normalized spacial score (nSPS) is 9.86. The summed E-state index contributed by atoms with van der Waals surface area (Å²) < 4.78 is 5.13. The number of ether oxygens (including phenoxy) is 1. The highest BCUT2D eigenvalue weighted by Crippen LogP contribution is 2.19. The summed E-state index contributed by atoms with van der Waals surface area (Å²) in [6, 6.07) is 3.69. The third kappa shape index (κ3) is 3.22. The number of anilines is 1. The van der Waals surface area contributed by atoms with Gasteiger partial charge in [-0.05, 0) is 25.0 Å². The smallest absolute Gasteiger partial charge is 0.168 e. The van der Waals surface area contributed by atoms with E-state index in [9.17, 15) is 0 Å². The van der Waals surface area contributed by atoms with E-state index in [1.807, 2.05) is 12.1 Å². The number of hydrogen-bond donors (Lipinski definition) is 2. The zero-order valence-corrected chi connectivity index (χ0v) is 8.36. The van der Waals surface area contributed by atoms with Crippen molar-refractivity contribution in [3.05, 3.63) is 18.3 Å². The van der Waals surface area contributed by atoms with Gasteiger partial charge in [0.05, 0.1) is 7.11 Å². The second kappa shape index (κ2) is 6.21. The number of nitrogens with zero attached hydrogens (tertiary/aromatic N) is 1. The van der Waals surface area contributed by atoms with Gasteiger partial charge in [0.2, 0.25) is 0 Å². The fourth-order valence-corrected chi connectivity index (χ4v) is 1.13. The van der Waals surface area contributed by atoms with Gasteiger partial charge in [0.1, 0.15) is 0 Å². The number of aliphatic hydroxyl groups is 1. The van der Waals surface area contributed by atoms with Gasteiger partial charge in [-0.1, -0.05) is 0 Å². The standard InChI is InChI=1S/C10H16N2O2/c1-14-9-5-4-7-12-10(9)11-6-2-3-8-13/h4-5,7,13H,2-3,6,8H2,1H3,(H,11,12). The Balaban J connectivity index is 2.41. The fourth-order valence-electron chi connectivity index (χ4n) is 1.13. The zero-order chi connectivity index (χ0) is 10.2. The molecule has 0 aliphatic carbocycles. The van der Waals surface area contributed by atoms with Gasteiger partial charge in [-0.15, -0.1) is 0 Å². The summed E-state index contributed by atoms with van der Waals surface area (Å²) in [6.07, 6.45) is 3.45. The van der Waals surface area contributed by atoms with E-state index in [1.54, 1.807) is 13.3 Å². The van der Waals surface area contributed by atoms with Crippen molar-refractivity contribution in [2.24, 2.45) is 0 Å². The number of aromatic nitrogens is 1. The molecule has 0 bridgehead atoms. The Hall–Kier alpha value is -1.29. The summed E-state index contributed by atoms with van der Waals surface area (Å²) in [6.45, 7) is 1.04. The number of pyridine rings is 1. The highest BCUT2D eigenvalue weighted by atomic mass is 16.5. The van der Waals surface area contributed by atoms with Crippen molar-refractivity contribution in [2.75, 3.05) is 25.6 Å². The number of rotatable bonds is 6. The first kappa shape index (κ1) is 10.8. The van der Waals surface area contributed by atoms with Gasteiger partial charge in [-0.3, -0.25) is 0 Å². The van der Waals surface area contributed by atoms with Crippen LogP contribution in [0, 0.1) is 0 Å². The lowest BCUT2D eigenvalue weighted by Gasteiger charge is -2.08. The van der Waals surface area contributed by atoms with Crippen molar-refractivity contribution in [1.29, 1.82) is 0 Å². The summed E-state index contributed by atoms with van der Waals surface area (Å²) in [5.41, 5.74) is 0. The van der Waals surface area contributed by atoms with E-state index in [0.29, 0.717) is 0 Å². The van der Waals surface area contributed by atoms with Gasteiger partial charge >= 0.3 is 0 Å². The van der Waals surface area contributed by atoms with E-state index in [0.717, 1.165) is 31.0 Å². The number of nitrogens with one attached hydrogen (secondary N) is 1. The minimum atomic E-state index is 0.237. The highest BCUT2D eigenvalue weighted by Gasteiger charge is 2.00. The average molecular weight is 196 g/mol. The lowest BCUT2D eigenvalue weighted by molar-refractivity contribution is 0.286.